The van der Waals surface area contributed by atoms with Crippen molar-refractivity contribution in [3.63, 3.8) is 0 Å². The highest BCUT2D eigenvalue weighted by atomic mass is 32.2. The lowest BCUT2D eigenvalue weighted by Crippen LogP contribution is -2.47. The second-order valence-corrected chi connectivity index (χ2v) is 11.2. The smallest absolute Gasteiger partial charge is 0.251 e. The van der Waals surface area contributed by atoms with Crippen LogP contribution in [-0.4, -0.2) is 56.8 Å². The first kappa shape index (κ1) is 23.4. The van der Waals surface area contributed by atoms with Crippen LogP contribution in [0.25, 0.3) is 0 Å². The summed E-state index contributed by atoms with van der Waals surface area (Å²) in [6, 6.07) is 14.3. The van der Waals surface area contributed by atoms with Crippen LogP contribution >= 0.6 is 0 Å². The van der Waals surface area contributed by atoms with Gasteiger partial charge in [-0.25, -0.2) is 8.42 Å². The summed E-state index contributed by atoms with van der Waals surface area (Å²) in [6.45, 7) is 10.7. The van der Waals surface area contributed by atoms with Crippen LogP contribution in [0.4, 0.5) is 0 Å². The zero-order valence-corrected chi connectivity index (χ0v) is 19.9. The largest absolute Gasteiger partial charge is 0.346 e. The van der Waals surface area contributed by atoms with Crippen molar-refractivity contribution >= 4 is 15.9 Å². The van der Waals surface area contributed by atoms with Crippen LogP contribution in [0.3, 0.4) is 0 Å². The van der Waals surface area contributed by atoms with Gasteiger partial charge in [-0.3, -0.25) is 4.79 Å². The monoisotopic (exact) mass is 443 g/mol. The second-order valence-electron chi connectivity index (χ2n) is 9.30. The van der Waals surface area contributed by atoms with Crippen LogP contribution in [0.5, 0.6) is 0 Å². The van der Waals surface area contributed by atoms with Gasteiger partial charge in [0.05, 0.1) is 10.9 Å². The van der Waals surface area contributed by atoms with Gasteiger partial charge in [0.25, 0.3) is 5.91 Å². The van der Waals surface area contributed by atoms with Gasteiger partial charge >= 0.3 is 0 Å². The Morgan fingerprint density at radius 3 is 2.19 bits per heavy atom. The first-order valence-electron chi connectivity index (χ1n) is 10.7. The van der Waals surface area contributed by atoms with Gasteiger partial charge in [-0.15, -0.1) is 0 Å². The first-order chi connectivity index (χ1) is 14.5. The molecule has 1 fully saturated rings. The van der Waals surface area contributed by atoms with Gasteiger partial charge in [0.1, 0.15) is 0 Å². The lowest BCUT2D eigenvalue weighted by molar-refractivity contribution is 0.0939. The fraction of sp³-hybridized carbons (Fsp3) is 0.458. The van der Waals surface area contributed by atoms with E-state index in [-0.39, 0.29) is 22.3 Å². The van der Waals surface area contributed by atoms with Crippen molar-refractivity contribution in [2.45, 2.75) is 44.0 Å². The van der Waals surface area contributed by atoms with Crippen molar-refractivity contribution in [2.24, 2.45) is 0 Å². The SMILES string of the molecule is C[C@@H](NC(=O)c1cccc(S(=O)(=O)N2CCN(C)CC2)c1)c1ccc(C(C)(C)C)cc1. The zero-order valence-electron chi connectivity index (χ0n) is 19.1. The fourth-order valence-electron chi connectivity index (χ4n) is 3.61. The molecule has 0 saturated carbocycles. The summed E-state index contributed by atoms with van der Waals surface area (Å²) >= 11 is 0. The molecular formula is C24H33N3O3S. The van der Waals surface area contributed by atoms with Gasteiger partial charge in [0, 0.05) is 31.7 Å². The zero-order chi connectivity index (χ0) is 22.8. The summed E-state index contributed by atoms with van der Waals surface area (Å²) in [5, 5.41) is 2.98. The van der Waals surface area contributed by atoms with Crippen molar-refractivity contribution < 1.29 is 13.2 Å². The van der Waals surface area contributed by atoms with Gasteiger partial charge < -0.3 is 10.2 Å². The molecule has 6 nitrogen and oxygen atoms in total. The average molecular weight is 444 g/mol. The molecule has 3 rings (SSSR count). The third-order valence-corrected chi connectivity index (χ3v) is 7.72. The minimum Gasteiger partial charge on any atom is -0.346 e. The molecule has 168 valence electrons. The second kappa shape index (κ2) is 9.10. The highest BCUT2D eigenvalue weighted by Crippen LogP contribution is 2.24. The standard InChI is InChI=1S/C24H33N3O3S/c1-18(19-9-11-21(12-10-19)24(2,3)4)25-23(28)20-7-6-8-22(17-20)31(29,30)27-15-13-26(5)14-16-27/h6-12,17-18H,13-16H2,1-5H3,(H,25,28)/t18-/m1/s1. The Morgan fingerprint density at radius 2 is 1.61 bits per heavy atom. The van der Waals surface area contributed by atoms with E-state index in [0.29, 0.717) is 31.7 Å². The highest BCUT2D eigenvalue weighted by Gasteiger charge is 2.28. The Hall–Kier alpha value is -2.22. The number of benzene rings is 2. The summed E-state index contributed by atoms with van der Waals surface area (Å²) in [5.41, 5.74) is 2.65. The molecule has 31 heavy (non-hydrogen) atoms. The molecule has 1 atom stereocenters. The number of nitrogens with one attached hydrogen (secondary N) is 1. The number of likely N-dealkylation sites (N-methyl/N-ethyl adjacent to an activating group) is 1. The lowest BCUT2D eigenvalue weighted by Gasteiger charge is -2.31. The van der Waals surface area contributed by atoms with Gasteiger partial charge in [-0.05, 0) is 48.7 Å². The van der Waals surface area contributed by atoms with Crippen molar-refractivity contribution in [1.29, 1.82) is 0 Å². The molecular weight excluding hydrogens is 410 g/mol. The Bertz CT molecular complexity index is 1020. The predicted molar refractivity (Wildman–Crippen MR) is 124 cm³/mol. The Labute approximate surface area is 186 Å². The van der Waals surface area contributed by atoms with E-state index in [1.165, 1.54) is 15.9 Å². The summed E-state index contributed by atoms with van der Waals surface area (Å²) in [7, 11) is -1.64. The molecule has 1 saturated heterocycles. The number of carbonyl (C=O) groups excluding carboxylic acids is 1. The summed E-state index contributed by atoms with van der Waals surface area (Å²) in [5.74, 6) is -0.289. The molecule has 0 unspecified atom stereocenters. The molecule has 7 heteroatoms. The normalized spacial score (nSPS) is 17.3. The predicted octanol–water partition coefficient (Wildman–Crippen LogP) is 3.41. The molecule has 1 heterocycles. The number of hydrogen-bond acceptors (Lipinski definition) is 4. The van der Waals surface area contributed by atoms with E-state index in [9.17, 15) is 13.2 Å². The molecule has 2 aromatic carbocycles. The average Bonchev–Trinajstić information content (AvgIpc) is 2.73. The van der Waals surface area contributed by atoms with Gasteiger partial charge in [0.15, 0.2) is 0 Å². The molecule has 0 aliphatic carbocycles. The molecule has 1 N–H and O–H groups in total. The van der Waals surface area contributed by atoms with E-state index in [1.54, 1.807) is 18.2 Å². The van der Waals surface area contributed by atoms with Gasteiger partial charge in [-0.1, -0.05) is 51.1 Å². The maximum atomic E-state index is 13.0. The molecule has 1 aliphatic heterocycles. The summed E-state index contributed by atoms with van der Waals surface area (Å²) < 4.78 is 27.5. The van der Waals surface area contributed by atoms with Crippen LogP contribution in [0.2, 0.25) is 0 Å². The Morgan fingerprint density at radius 1 is 1.00 bits per heavy atom. The van der Waals surface area contributed by atoms with E-state index in [1.807, 2.05) is 26.1 Å². The number of nitrogens with zero attached hydrogens (tertiary/aromatic N) is 2. The number of hydrogen-bond donors (Lipinski definition) is 1. The molecule has 2 aromatic rings. The maximum Gasteiger partial charge on any atom is 0.251 e. The molecule has 1 aliphatic rings. The van der Waals surface area contributed by atoms with Crippen LogP contribution in [-0.2, 0) is 15.4 Å². The van der Waals surface area contributed by atoms with E-state index >= 15 is 0 Å². The van der Waals surface area contributed by atoms with Gasteiger partial charge in [-0.2, -0.15) is 4.31 Å². The van der Waals surface area contributed by atoms with Gasteiger partial charge in [0.2, 0.25) is 10.0 Å². The minimum absolute atomic E-state index is 0.0702. The van der Waals surface area contributed by atoms with E-state index in [2.05, 4.69) is 43.1 Å². The molecule has 0 radical (unpaired) electrons. The van der Waals surface area contributed by atoms with Crippen molar-refractivity contribution in [1.82, 2.24) is 14.5 Å². The molecule has 0 spiro atoms. The number of carbonyl (C=O) groups is 1. The van der Waals surface area contributed by atoms with E-state index in [0.717, 1.165) is 5.56 Å². The fourth-order valence-corrected chi connectivity index (χ4v) is 5.08. The number of amides is 1. The van der Waals surface area contributed by atoms with Crippen molar-refractivity contribution in [3.8, 4) is 0 Å². The summed E-state index contributed by atoms with van der Waals surface area (Å²) in [4.78, 5) is 15.1. The lowest BCUT2D eigenvalue weighted by atomic mass is 9.86. The number of piperazine rings is 1. The van der Waals surface area contributed by atoms with E-state index < -0.39 is 10.0 Å². The summed E-state index contributed by atoms with van der Waals surface area (Å²) in [6.07, 6.45) is 0. The van der Waals surface area contributed by atoms with Crippen molar-refractivity contribution in [3.05, 3.63) is 65.2 Å². The quantitative estimate of drug-likeness (QED) is 0.769. The molecule has 1 amide bonds. The van der Waals surface area contributed by atoms with Crippen LogP contribution in [0.15, 0.2) is 53.4 Å². The maximum absolute atomic E-state index is 13.0. The molecule has 0 bridgehead atoms. The first-order valence-corrected chi connectivity index (χ1v) is 12.1. The van der Waals surface area contributed by atoms with Crippen LogP contribution in [0.1, 0.15) is 55.2 Å². The Kier molecular flexibility index (Phi) is 6.88. The molecule has 0 aromatic heterocycles. The van der Waals surface area contributed by atoms with Crippen LogP contribution < -0.4 is 5.32 Å². The minimum atomic E-state index is -3.61. The highest BCUT2D eigenvalue weighted by molar-refractivity contribution is 7.89. The number of sulfonamides is 1. The third-order valence-electron chi connectivity index (χ3n) is 5.82. The van der Waals surface area contributed by atoms with E-state index in [4.69, 9.17) is 0 Å². The van der Waals surface area contributed by atoms with Crippen molar-refractivity contribution in [2.75, 3.05) is 33.2 Å². The third kappa shape index (κ3) is 5.53. The Balaban J connectivity index is 1.72. The number of rotatable bonds is 5. The topological polar surface area (TPSA) is 69.7 Å². The van der Waals surface area contributed by atoms with Crippen LogP contribution in [0, 0.1) is 0 Å².